The number of anilines is 3. The van der Waals surface area contributed by atoms with Crippen LogP contribution < -0.4 is 42.5 Å². The molecular weight excluding hydrogens is 1450 g/mol. The molecule has 9 heterocycles. The van der Waals surface area contributed by atoms with E-state index < -0.39 is 131 Å². The molecule has 12 rings (SSSR count). The van der Waals surface area contributed by atoms with E-state index >= 15 is 4.39 Å². The number of fused-ring (bicyclic) bond motifs is 6. The van der Waals surface area contributed by atoms with Crippen molar-refractivity contribution in [2.24, 2.45) is 0 Å². The summed E-state index contributed by atoms with van der Waals surface area (Å²) >= 11 is 11.2. The van der Waals surface area contributed by atoms with Crippen molar-refractivity contribution in [3.05, 3.63) is 125 Å². The number of amides is 6. The molecule has 2 bridgehead atoms. The Hall–Kier alpha value is -8.04. The van der Waals surface area contributed by atoms with Crippen LogP contribution in [0.15, 0.2) is 96.7 Å². The van der Waals surface area contributed by atoms with Gasteiger partial charge in [0.25, 0.3) is 0 Å². The second-order valence-electron chi connectivity index (χ2n) is 25.1. The molecule has 3 saturated heterocycles. The molecule has 5 aliphatic rings. The third-order valence-corrected chi connectivity index (χ3v) is 22.6. The third kappa shape index (κ3) is 17.9. The number of carbonyl (C=O) groups is 6. The van der Waals surface area contributed by atoms with E-state index in [0.717, 1.165) is 63.5 Å². The fourth-order valence-electron chi connectivity index (χ4n) is 12.9. The first-order valence-electron chi connectivity index (χ1n) is 33.9. The Morgan fingerprint density at radius 3 is 2.36 bits per heavy atom. The van der Waals surface area contributed by atoms with E-state index in [1.54, 1.807) is 22.9 Å². The number of carbonyl (C=O) groups excluding carboxylic acids is 6. The van der Waals surface area contributed by atoms with Gasteiger partial charge in [-0.15, -0.1) is 11.8 Å². The van der Waals surface area contributed by atoms with E-state index in [9.17, 15) is 43.3 Å². The molecule has 10 N–H and O–H groups in total. The number of thioether (sulfide) groups is 1. The van der Waals surface area contributed by atoms with E-state index in [2.05, 4.69) is 107 Å². The number of hydrogen-bond donors (Lipinski definition) is 10. The Labute approximate surface area is 611 Å². The van der Waals surface area contributed by atoms with E-state index in [-0.39, 0.29) is 73.8 Å². The van der Waals surface area contributed by atoms with Crippen LogP contribution in [0.3, 0.4) is 0 Å². The number of ether oxygens (including phenoxy) is 2. The highest BCUT2D eigenvalue weighted by Gasteiger charge is 2.54. The number of nitrogen functional groups attached to an aromatic ring is 1. The molecule has 4 aromatic heterocycles. The SMILES string of the molecule is CCN(CC)C(C)c1ccc2c(c1)N(C(=O)CCC(=O)NCC(=O)NCC(=O)N[C@@H](CCc1ccccc1)C(=O)NCC(=O)NCCNc1nc(N)c3ncn([C@@H]4O[C@@H]5COP(O)(=S)O[C@H]6[C@@H](F)[C@H](n7cc8c9c(ncnc97)SCCC8)O[C@@H]6COP(=O)(S)O[C@@H]4[C@@H]5O)c3n1)Cc1ccccc1C#C2. The summed E-state index contributed by atoms with van der Waals surface area (Å²) in [7, 11) is 0. The minimum atomic E-state index is -4.55. The molecule has 0 radical (unpaired) electrons. The number of aliphatic hydroxyl groups is 1. The van der Waals surface area contributed by atoms with Gasteiger partial charge in [0, 0.05) is 49.3 Å². The van der Waals surface area contributed by atoms with Gasteiger partial charge < -0.3 is 71.1 Å². The van der Waals surface area contributed by atoms with Crippen LogP contribution in [-0.4, -0.2) is 192 Å². The number of halogens is 1. The number of benzene rings is 3. The second-order valence-corrected chi connectivity index (χ2v) is 31.9. The van der Waals surface area contributed by atoms with Gasteiger partial charge in [0.15, 0.2) is 30.1 Å². The summed E-state index contributed by atoms with van der Waals surface area (Å²) in [5.41, 5.74) is 12.6. The smallest absolute Gasteiger partial charge is 0.386 e. The first-order valence-corrected chi connectivity index (χ1v) is 40.2. The van der Waals surface area contributed by atoms with Gasteiger partial charge in [-0.1, -0.05) is 92.5 Å². The molecule has 3 unspecified atom stereocenters. The van der Waals surface area contributed by atoms with Crippen molar-refractivity contribution >= 4 is 124 Å². The molecule has 31 nitrogen and oxygen atoms in total. The van der Waals surface area contributed by atoms with Crippen molar-refractivity contribution in [1.82, 2.24) is 65.5 Å². The summed E-state index contributed by atoms with van der Waals surface area (Å²) < 4.78 is 69.5. The zero-order valence-corrected chi connectivity index (χ0v) is 61.1. The summed E-state index contributed by atoms with van der Waals surface area (Å²) in [6, 6.07) is 21.7. The lowest BCUT2D eigenvalue weighted by molar-refractivity contribution is -0.131. The molecule has 6 amide bonds. The monoisotopic (exact) mass is 1520 g/mol. The van der Waals surface area contributed by atoms with Crippen molar-refractivity contribution in [2.45, 2.75) is 132 Å². The fourth-order valence-corrected chi connectivity index (χ4v) is 16.8. The van der Waals surface area contributed by atoms with Crippen LogP contribution in [0.1, 0.15) is 98.3 Å². The van der Waals surface area contributed by atoms with Gasteiger partial charge >= 0.3 is 13.5 Å². The van der Waals surface area contributed by atoms with Crippen LogP contribution in [0.4, 0.5) is 21.8 Å². The highest BCUT2D eigenvalue weighted by molar-refractivity contribution is 8.44. The minimum Gasteiger partial charge on any atom is -0.387 e. The maximum atomic E-state index is 16.8. The number of thiol groups is 1. The van der Waals surface area contributed by atoms with Crippen LogP contribution >= 0.6 is 37.5 Å². The Kier molecular flexibility index (Phi) is 24.4. The van der Waals surface area contributed by atoms with Gasteiger partial charge in [0.1, 0.15) is 59.1 Å². The minimum absolute atomic E-state index is 0.00795. The Bertz CT molecular complexity index is 4530. The molecule has 0 saturated carbocycles. The lowest BCUT2D eigenvalue weighted by Gasteiger charge is -2.30. The number of hydrogen-bond acceptors (Lipinski definition) is 24. The maximum Gasteiger partial charge on any atom is 0.386 e. The number of nitrogens with two attached hydrogens (primary N) is 1. The predicted molar refractivity (Wildman–Crippen MR) is 388 cm³/mol. The molecule has 3 aromatic carbocycles. The second kappa shape index (κ2) is 33.6. The average molecular weight is 1530 g/mol. The normalized spacial score (nSPS) is 24.2. The van der Waals surface area contributed by atoms with Crippen molar-refractivity contribution in [3.63, 3.8) is 0 Å². The first-order chi connectivity index (χ1) is 50.0. The first kappa shape index (κ1) is 75.6. The van der Waals surface area contributed by atoms with Crippen LogP contribution in [0.25, 0.3) is 22.2 Å². The largest absolute Gasteiger partial charge is 0.387 e. The highest BCUT2D eigenvalue weighted by atomic mass is 32.7. The van der Waals surface area contributed by atoms with Gasteiger partial charge in [0.2, 0.25) is 41.4 Å². The summed E-state index contributed by atoms with van der Waals surface area (Å²) in [6.07, 6.45) is -6.40. The van der Waals surface area contributed by atoms with Crippen molar-refractivity contribution in [3.8, 4) is 11.8 Å². The third-order valence-electron chi connectivity index (χ3n) is 18.3. The number of rotatable bonds is 24. The molecule has 3 fully saturated rings. The summed E-state index contributed by atoms with van der Waals surface area (Å²) in [6.45, 7) is -3.59. The molecule has 7 aromatic rings. The number of aromatic nitrogens is 7. The van der Waals surface area contributed by atoms with Crippen molar-refractivity contribution < 1.29 is 75.3 Å². The number of imidazole rings is 1. The van der Waals surface area contributed by atoms with Crippen LogP contribution in [0, 0.1) is 11.8 Å². The summed E-state index contributed by atoms with van der Waals surface area (Å²) in [5, 5.41) is 29.0. The van der Waals surface area contributed by atoms with Crippen molar-refractivity contribution in [1.29, 1.82) is 0 Å². The lowest BCUT2D eigenvalue weighted by atomic mass is 9.98. The van der Waals surface area contributed by atoms with Gasteiger partial charge in [-0.3, -0.25) is 51.8 Å². The van der Waals surface area contributed by atoms with E-state index in [1.165, 1.54) is 21.8 Å². The number of alkyl halides is 1. The van der Waals surface area contributed by atoms with Crippen LogP contribution in [-0.2, 0) is 92.1 Å². The number of aliphatic hydroxyl groups excluding tert-OH is 1. The van der Waals surface area contributed by atoms with Gasteiger partial charge in [-0.05, 0) is 104 Å². The Balaban J connectivity index is 0.615. The summed E-state index contributed by atoms with van der Waals surface area (Å²) in [5.74, 6) is 3.58. The fraction of sp³-hybridized carbons (Fsp3) is 0.448. The molecule has 37 heteroatoms. The molecule has 5 aliphatic heterocycles. The van der Waals surface area contributed by atoms with Crippen molar-refractivity contribution in [2.75, 3.05) is 80.7 Å². The van der Waals surface area contributed by atoms with Crippen LogP contribution in [0.2, 0.25) is 0 Å². The molecule has 104 heavy (non-hydrogen) atoms. The number of nitrogens with zero attached hydrogens (tertiary/aromatic N) is 9. The zero-order valence-electron chi connectivity index (χ0n) is 56.8. The van der Waals surface area contributed by atoms with Gasteiger partial charge in [0.05, 0.1) is 56.8 Å². The van der Waals surface area contributed by atoms with Gasteiger partial charge in [-0.2, -0.15) is 9.97 Å². The standard InChI is InChI=1S/C67H79FN16O15P2S3/c1-4-81(5-2)38(3)42-21-20-41-19-18-40-14-9-10-15-43(40)32-82(46(41)28-42)53(89)24-23-49(85)72-29-51(87)73-31-52(88)78-45(22-17-39-12-7-6-8-13-39)63(91)74-30-50(86)70-25-26-71-67-79-60(69)56-62(80-67)84(37-77-56)66-59-57(90)47(96-66)34-94-100(92,102)98-58-48(35-95-101(93,103)99-59)97-65(55(58)68)83-33-44-16-11-27-104-64-54(44)61(83)75-36-76-64/h6-10,12-15,20-21,28,33,36-38,45,47-48,55,57-59,65-66,90H,4-5,11,16-17,22-27,29-32,34-35H2,1-3H3,(H,70,86)(H,72,85)(H,73,87)(H,74,91)(H,78,88)(H,92,102)(H,93,103)(H3,69,71,79,80)/t38?,45-,47+,48+,55+,57+,58+,59+,65+,66+,100?,101?/m0/s1. The molecule has 0 spiro atoms. The zero-order chi connectivity index (χ0) is 73.4. The average Bonchev–Trinajstić information content (AvgIpc) is 1.60. The maximum absolute atomic E-state index is 16.8. The van der Waals surface area contributed by atoms with Gasteiger partial charge in [-0.25, -0.2) is 23.9 Å². The predicted octanol–water partition coefficient (Wildman–Crippen LogP) is 4.58. The number of nitrogens with one attached hydrogen (secondary N) is 6. The number of aryl methyl sites for hydroxylation is 2. The Morgan fingerprint density at radius 2 is 1.55 bits per heavy atom. The van der Waals surface area contributed by atoms with Crippen LogP contribution in [0.5, 0.6) is 0 Å². The highest BCUT2D eigenvalue weighted by Crippen LogP contribution is 2.59. The topological polar surface area (TPSA) is 394 Å². The Morgan fingerprint density at radius 1 is 0.817 bits per heavy atom. The molecular formula is C67H79FN16O15P2S3. The summed E-state index contributed by atoms with van der Waals surface area (Å²) in [4.78, 5) is 118. The lowest BCUT2D eigenvalue weighted by Crippen LogP contribution is -2.51. The van der Waals surface area contributed by atoms with E-state index in [0.29, 0.717) is 29.7 Å². The van der Waals surface area contributed by atoms with E-state index in [4.69, 9.17) is 45.1 Å². The molecule has 552 valence electrons. The molecule has 12 atom stereocenters. The quantitative estimate of drug-likeness (QED) is 0.0130. The molecule has 0 aliphatic carbocycles. The van der Waals surface area contributed by atoms with E-state index in [1.807, 2.05) is 72.8 Å².